The molecule has 0 bridgehead atoms. The van der Waals surface area contributed by atoms with E-state index in [1.54, 1.807) is 0 Å². The zero-order valence-corrected chi connectivity index (χ0v) is 10.5. The van der Waals surface area contributed by atoms with Crippen LogP contribution in [0.5, 0.6) is 0 Å². The van der Waals surface area contributed by atoms with Crippen molar-refractivity contribution < 1.29 is 0 Å². The largest absolute Gasteiger partial charge is 0.0776 e. The van der Waals surface area contributed by atoms with Gasteiger partial charge in [0.1, 0.15) is 0 Å². The van der Waals surface area contributed by atoms with Gasteiger partial charge in [0, 0.05) is 0 Å². The number of benzene rings is 1. The van der Waals surface area contributed by atoms with E-state index in [9.17, 15) is 0 Å². The quantitative estimate of drug-likeness (QED) is 0.579. The minimum absolute atomic E-state index is 0. The molecule has 0 aliphatic heterocycles. The van der Waals surface area contributed by atoms with Crippen LogP contribution < -0.4 is 0 Å². The Bertz CT molecular complexity index is 259. The molecule has 0 radical (unpaired) electrons. The standard InChI is InChI=1S/C12H18.C2H6.2CH4/c1-5-11-6-10(4)7-12(8-11)9(2)3;1-2;;/h6-9H,5H2,1-4H3;1-2H3;2*1H4. The molecule has 1 aromatic carbocycles. The monoisotopic (exact) mass is 224 g/mol. The van der Waals surface area contributed by atoms with Crippen LogP contribution in [0.2, 0.25) is 0 Å². The van der Waals surface area contributed by atoms with E-state index in [0.717, 1.165) is 6.42 Å². The normalized spacial score (nSPS) is 8.44. The highest BCUT2D eigenvalue weighted by Crippen LogP contribution is 2.18. The Kier molecular flexibility index (Phi) is 13.8. The fourth-order valence-electron chi connectivity index (χ4n) is 1.43. The van der Waals surface area contributed by atoms with Crippen molar-refractivity contribution in [3.8, 4) is 0 Å². The van der Waals surface area contributed by atoms with Gasteiger partial charge in [0.2, 0.25) is 0 Å². The van der Waals surface area contributed by atoms with E-state index in [2.05, 4.69) is 45.9 Å². The second-order valence-electron chi connectivity index (χ2n) is 3.76. The first-order valence-electron chi connectivity index (χ1n) is 5.74. The summed E-state index contributed by atoms with van der Waals surface area (Å²) in [6.07, 6.45) is 1.14. The maximum Gasteiger partial charge on any atom is -0.0219 e. The molecule has 0 saturated heterocycles. The van der Waals surface area contributed by atoms with E-state index in [1.807, 2.05) is 13.8 Å². The molecule has 1 aromatic rings. The topological polar surface area (TPSA) is 0 Å². The zero-order valence-electron chi connectivity index (χ0n) is 10.5. The molecule has 0 nitrogen and oxygen atoms in total. The summed E-state index contributed by atoms with van der Waals surface area (Å²) in [6.45, 7) is 12.9. The van der Waals surface area contributed by atoms with Crippen LogP contribution in [0.4, 0.5) is 0 Å². The summed E-state index contributed by atoms with van der Waals surface area (Å²) in [7, 11) is 0. The smallest absolute Gasteiger partial charge is 0.0219 e. The lowest BCUT2D eigenvalue weighted by atomic mass is 9.97. The first-order valence-corrected chi connectivity index (χ1v) is 5.74. The SMILES string of the molecule is C.C.CC.CCc1cc(C)cc(C(C)C)c1. The number of rotatable bonds is 2. The molecule has 0 amide bonds. The lowest BCUT2D eigenvalue weighted by Crippen LogP contribution is -1.91. The number of aryl methyl sites for hydroxylation is 2. The summed E-state index contributed by atoms with van der Waals surface area (Å²) in [5.41, 5.74) is 4.31. The summed E-state index contributed by atoms with van der Waals surface area (Å²) >= 11 is 0. The van der Waals surface area contributed by atoms with Crippen LogP contribution in [0.15, 0.2) is 18.2 Å². The van der Waals surface area contributed by atoms with Crippen LogP contribution in [0, 0.1) is 6.92 Å². The van der Waals surface area contributed by atoms with Crippen molar-refractivity contribution in [1.29, 1.82) is 0 Å². The molecule has 96 valence electrons. The van der Waals surface area contributed by atoms with E-state index in [4.69, 9.17) is 0 Å². The van der Waals surface area contributed by atoms with Gasteiger partial charge < -0.3 is 0 Å². The third-order valence-electron chi connectivity index (χ3n) is 2.23. The Morgan fingerprint density at radius 1 is 1.00 bits per heavy atom. The van der Waals surface area contributed by atoms with E-state index in [-0.39, 0.29) is 14.9 Å². The molecule has 0 unspecified atom stereocenters. The summed E-state index contributed by atoms with van der Waals surface area (Å²) in [5.74, 6) is 0.648. The fraction of sp³-hybridized carbons (Fsp3) is 0.625. The molecule has 0 spiro atoms. The zero-order chi connectivity index (χ0) is 11.1. The summed E-state index contributed by atoms with van der Waals surface area (Å²) < 4.78 is 0. The minimum Gasteiger partial charge on any atom is -0.0776 e. The molecule has 0 aliphatic rings. The molecule has 0 fully saturated rings. The van der Waals surface area contributed by atoms with Gasteiger partial charge in [-0.3, -0.25) is 0 Å². The fourth-order valence-corrected chi connectivity index (χ4v) is 1.43. The van der Waals surface area contributed by atoms with Gasteiger partial charge in [-0.25, -0.2) is 0 Å². The van der Waals surface area contributed by atoms with Gasteiger partial charge in [0.25, 0.3) is 0 Å². The highest BCUT2D eigenvalue weighted by atomic mass is 14.1. The summed E-state index contributed by atoms with van der Waals surface area (Å²) in [4.78, 5) is 0. The molecule has 0 N–H and O–H groups in total. The van der Waals surface area contributed by atoms with Gasteiger partial charge in [-0.2, -0.15) is 0 Å². The van der Waals surface area contributed by atoms with Crippen molar-refractivity contribution in [1.82, 2.24) is 0 Å². The number of hydrogen-bond donors (Lipinski definition) is 0. The Hall–Kier alpha value is -0.780. The van der Waals surface area contributed by atoms with E-state index < -0.39 is 0 Å². The predicted octanol–water partition coefficient (Wildman–Crippen LogP) is 5.98. The van der Waals surface area contributed by atoms with Crippen molar-refractivity contribution in [3.05, 3.63) is 34.9 Å². The average Bonchev–Trinajstić information content (AvgIpc) is 2.20. The van der Waals surface area contributed by atoms with Gasteiger partial charge in [0.15, 0.2) is 0 Å². The highest BCUT2D eigenvalue weighted by molar-refractivity contribution is 5.31. The van der Waals surface area contributed by atoms with E-state index >= 15 is 0 Å². The lowest BCUT2D eigenvalue weighted by Gasteiger charge is -2.08. The van der Waals surface area contributed by atoms with Crippen molar-refractivity contribution >= 4 is 0 Å². The van der Waals surface area contributed by atoms with E-state index in [0.29, 0.717) is 5.92 Å². The van der Waals surface area contributed by atoms with Crippen LogP contribution in [0.1, 0.15) is 72.1 Å². The van der Waals surface area contributed by atoms with Crippen molar-refractivity contribution in [3.63, 3.8) is 0 Å². The molecule has 0 aliphatic carbocycles. The third-order valence-corrected chi connectivity index (χ3v) is 2.23. The molecule has 0 saturated carbocycles. The highest BCUT2D eigenvalue weighted by Gasteiger charge is 2.00. The lowest BCUT2D eigenvalue weighted by molar-refractivity contribution is 0.860. The summed E-state index contributed by atoms with van der Waals surface area (Å²) in [6, 6.07) is 6.87. The van der Waals surface area contributed by atoms with Crippen LogP contribution >= 0.6 is 0 Å². The van der Waals surface area contributed by atoms with E-state index in [1.165, 1.54) is 16.7 Å². The van der Waals surface area contributed by atoms with Crippen molar-refractivity contribution in [2.75, 3.05) is 0 Å². The molecule has 1 rings (SSSR count). The van der Waals surface area contributed by atoms with Crippen LogP contribution in [0.25, 0.3) is 0 Å². The second kappa shape index (κ2) is 10.7. The van der Waals surface area contributed by atoms with Crippen molar-refractivity contribution in [2.24, 2.45) is 0 Å². The molecular weight excluding hydrogens is 192 g/mol. The Balaban J connectivity index is -0.000000399. The van der Waals surface area contributed by atoms with Crippen molar-refractivity contribution in [2.45, 2.75) is 68.7 Å². The van der Waals surface area contributed by atoms with Gasteiger partial charge in [0.05, 0.1) is 0 Å². The van der Waals surface area contributed by atoms with Crippen LogP contribution in [0.3, 0.4) is 0 Å². The molecule has 16 heavy (non-hydrogen) atoms. The Morgan fingerprint density at radius 3 is 1.88 bits per heavy atom. The predicted molar refractivity (Wildman–Crippen MR) is 79.5 cm³/mol. The molecule has 0 atom stereocenters. The molecule has 0 heteroatoms. The van der Waals surface area contributed by atoms with Gasteiger partial charge >= 0.3 is 0 Å². The first-order chi connectivity index (χ1) is 6.63. The minimum atomic E-state index is 0. The van der Waals surface area contributed by atoms with Gasteiger partial charge in [-0.15, -0.1) is 0 Å². The molecular formula is C16H32. The third kappa shape index (κ3) is 6.66. The van der Waals surface area contributed by atoms with Crippen LogP contribution in [-0.4, -0.2) is 0 Å². The number of hydrogen-bond acceptors (Lipinski definition) is 0. The molecule has 0 heterocycles. The van der Waals surface area contributed by atoms with Gasteiger partial charge in [-0.05, 0) is 30.4 Å². The maximum absolute atomic E-state index is 2.32. The maximum atomic E-state index is 2.32. The van der Waals surface area contributed by atoms with Gasteiger partial charge in [-0.1, -0.05) is 73.2 Å². The Morgan fingerprint density at radius 2 is 1.50 bits per heavy atom. The second-order valence-corrected chi connectivity index (χ2v) is 3.76. The Labute approximate surface area is 104 Å². The average molecular weight is 224 g/mol. The molecule has 0 aromatic heterocycles. The summed E-state index contributed by atoms with van der Waals surface area (Å²) in [5, 5.41) is 0. The first kappa shape index (κ1) is 20.6. The van der Waals surface area contributed by atoms with Crippen LogP contribution in [-0.2, 0) is 6.42 Å².